The van der Waals surface area contributed by atoms with Crippen LogP contribution in [-0.2, 0) is 11.3 Å². The molecule has 2 N–H and O–H groups in total. The van der Waals surface area contributed by atoms with Gasteiger partial charge in [0.1, 0.15) is 0 Å². The molecular formula is C27H24N4O2. The number of carbonyl (C=O) groups excluding carboxylic acids is 1. The highest BCUT2D eigenvalue weighted by Gasteiger charge is 2.19. The predicted molar refractivity (Wildman–Crippen MR) is 130 cm³/mol. The smallest absolute Gasteiger partial charge is 0.261 e. The molecule has 1 unspecified atom stereocenters. The zero-order chi connectivity index (χ0) is 22.6. The summed E-state index contributed by atoms with van der Waals surface area (Å²) in [6.45, 7) is 0.751. The Bertz CT molecular complexity index is 1470. The lowest BCUT2D eigenvalue weighted by Crippen LogP contribution is -2.31. The highest BCUT2D eigenvalue weighted by atomic mass is 16.1. The second kappa shape index (κ2) is 9.12. The summed E-state index contributed by atoms with van der Waals surface area (Å²) >= 11 is 0. The van der Waals surface area contributed by atoms with Gasteiger partial charge in [0.2, 0.25) is 5.91 Å². The lowest BCUT2D eigenvalue weighted by molar-refractivity contribution is -0.121. The molecule has 6 nitrogen and oxygen atoms in total. The monoisotopic (exact) mass is 436 g/mol. The van der Waals surface area contributed by atoms with Gasteiger partial charge in [-0.1, -0.05) is 60.7 Å². The quantitative estimate of drug-likeness (QED) is 0.401. The van der Waals surface area contributed by atoms with Gasteiger partial charge >= 0.3 is 0 Å². The molecule has 33 heavy (non-hydrogen) atoms. The van der Waals surface area contributed by atoms with Crippen molar-refractivity contribution < 1.29 is 4.79 Å². The van der Waals surface area contributed by atoms with Crippen LogP contribution in [0, 0.1) is 0 Å². The van der Waals surface area contributed by atoms with Crippen molar-refractivity contribution in [2.75, 3.05) is 6.54 Å². The largest absolute Gasteiger partial charge is 0.361 e. The number of rotatable bonds is 7. The van der Waals surface area contributed by atoms with E-state index in [1.807, 2.05) is 54.7 Å². The average Bonchev–Trinajstić information content (AvgIpc) is 3.29. The summed E-state index contributed by atoms with van der Waals surface area (Å²) in [5.41, 5.74) is 3.88. The van der Waals surface area contributed by atoms with Gasteiger partial charge in [-0.15, -0.1) is 0 Å². The molecule has 0 aliphatic heterocycles. The van der Waals surface area contributed by atoms with E-state index in [9.17, 15) is 9.59 Å². The van der Waals surface area contributed by atoms with E-state index in [0.29, 0.717) is 17.4 Å². The molecule has 0 fully saturated rings. The highest BCUT2D eigenvalue weighted by molar-refractivity contribution is 5.84. The zero-order valence-electron chi connectivity index (χ0n) is 18.1. The van der Waals surface area contributed by atoms with E-state index < -0.39 is 0 Å². The van der Waals surface area contributed by atoms with Crippen LogP contribution in [-0.4, -0.2) is 27.0 Å². The first kappa shape index (κ1) is 20.7. The molecule has 164 valence electrons. The van der Waals surface area contributed by atoms with Crippen LogP contribution in [0.3, 0.4) is 0 Å². The third-order valence-electron chi connectivity index (χ3n) is 6.01. The Labute approximate surface area is 190 Å². The maximum Gasteiger partial charge on any atom is 0.261 e. The van der Waals surface area contributed by atoms with Crippen molar-refractivity contribution in [3.8, 4) is 0 Å². The van der Waals surface area contributed by atoms with Gasteiger partial charge in [-0.05, 0) is 29.3 Å². The number of aromatic nitrogens is 3. The molecule has 0 aliphatic carbocycles. The van der Waals surface area contributed by atoms with Gasteiger partial charge in [-0.2, -0.15) is 0 Å². The van der Waals surface area contributed by atoms with Crippen LogP contribution in [0.15, 0.2) is 96.2 Å². The number of carbonyl (C=O) groups is 1. The highest BCUT2D eigenvalue weighted by Crippen LogP contribution is 2.30. The van der Waals surface area contributed by atoms with Crippen molar-refractivity contribution in [2.45, 2.75) is 18.9 Å². The number of aryl methyl sites for hydroxylation is 1. The van der Waals surface area contributed by atoms with E-state index in [-0.39, 0.29) is 30.3 Å². The van der Waals surface area contributed by atoms with Crippen molar-refractivity contribution in [3.05, 3.63) is 113 Å². The second-order valence-corrected chi connectivity index (χ2v) is 8.07. The molecule has 2 aromatic heterocycles. The van der Waals surface area contributed by atoms with Crippen molar-refractivity contribution in [3.63, 3.8) is 0 Å². The number of nitrogens with one attached hydrogen (secondary N) is 2. The minimum absolute atomic E-state index is 0.0105. The molecule has 5 rings (SSSR count). The van der Waals surface area contributed by atoms with E-state index in [1.54, 1.807) is 6.07 Å². The maximum absolute atomic E-state index is 12.7. The van der Waals surface area contributed by atoms with Gasteiger partial charge in [0.25, 0.3) is 5.56 Å². The number of fused-ring (bicyclic) bond motifs is 2. The first-order valence-corrected chi connectivity index (χ1v) is 11.0. The summed E-state index contributed by atoms with van der Waals surface area (Å²) < 4.78 is 1.50. The third-order valence-corrected chi connectivity index (χ3v) is 6.01. The Balaban J connectivity index is 1.31. The number of para-hydroxylation sites is 2. The van der Waals surface area contributed by atoms with Crippen LogP contribution in [0.1, 0.15) is 23.5 Å². The summed E-state index contributed by atoms with van der Waals surface area (Å²) in [5.74, 6) is -0.0906. The minimum atomic E-state index is -0.130. The zero-order valence-corrected chi connectivity index (χ0v) is 18.1. The van der Waals surface area contributed by atoms with Crippen LogP contribution in [0.25, 0.3) is 21.8 Å². The fourth-order valence-electron chi connectivity index (χ4n) is 4.27. The SMILES string of the molecule is O=C(CCn1cnc2ccccc2c1=O)NCC(c1ccccc1)c1c[nH]c2ccccc12. The molecule has 0 spiro atoms. The number of H-pyrrole nitrogens is 1. The predicted octanol–water partition coefficient (Wildman–Crippen LogP) is 4.22. The van der Waals surface area contributed by atoms with Gasteiger partial charge in [0.05, 0.1) is 17.2 Å². The molecule has 5 aromatic rings. The fourth-order valence-corrected chi connectivity index (χ4v) is 4.27. The van der Waals surface area contributed by atoms with Gasteiger partial charge < -0.3 is 10.3 Å². The molecule has 0 aliphatic rings. The van der Waals surface area contributed by atoms with E-state index in [1.165, 1.54) is 10.9 Å². The van der Waals surface area contributed by atoms with Crippen LogP contribution < -0.4 is 10.9 Å². The number of hydrogen-bond donors (Lipinski definition) is 2. The normalized spacial score (nSPS) is 12.1. The van der Waals surface area contributed by atoms with E-state index >= 15 is 0 Å². The van der Waals surface area contributed by atoms with Gasteiger partial charge in [-0.25, -0.2) is 4.98 Å². The van der Waals surface area contributed by atoms with E-state index in [0.717, 1.165) is 22.0 Å². The summed E-state index contributed by atoms with van der Waals surface area (Å²) in [6.07, 6.45) is 3.74. The molecule has 1 atom stereocenters. The minimum Gasteiger partial charge on any atom is -0.361 e. The summed E-state index contributed by atoms with van der Waals surface area (Å²) in [5, 5.41) is 4.78. The number of hydrogen-bond acceptors (Lipinski definition) is 3. The Kier molecular flexibility index (Phi) is 5.72. The van der Waals surface area contributed by atoms with Crippen LogP contribution in [0.5, 0.6) is 0 Å². The van der Waals surface area contributed by atoms with Gasteiger partial charge in [0.15, 0.2) is 0 Å². The Hall–Kier alpha value is -4.19. The number of amides is 1. The average molecular weight is 437 g/mol. The fraction of sp³-hybridized carbons (Fsp3) is 0.148. The third kappa shape index (κ3) is 4.28. The van der Waals surface area contributed by atoms with E-state index in [2.05, 4.69) is 39.6 Å². The molecule has 2 heterocycles. The number of benzene rings is 3. The Morgan fingerprint density at radius 2 is 1.67 bits per heavy atom. The summed E-state index contributed by atoms with van der Waals surface area (Å²) in [7, 11) is 0. The van der Waals surface area contributed by atoms with Crippen molar-refractivity contribution in [1.82, 2.24) is 19.9 Å². The van der Waals surface area contributed by atoms with Crippen LogP contribution >= 0.6 is 0 Å². The maximum atomic E-state index is 12.7. The molecule has 1 amide bonds. The number of nitrogens with zero attached hydrogens (tertiary/aromatic N) is 2. The van der Waals surface area contributed by atoms with Crippen molar-refractivity contribution in [2.24, 2.45) is 0 Å². The molecule has 0 radical (unpaired) electrons. The van der Waals surface area contributed by atoms with Gasteiger partial charge in [-0.3, -0.25) is 14.2 Å². The summed E-state index contributed by atoms with van der Waals surface area (Å²) in [6, 6.07) is 25.6. The molecule has 6 heteroatoms. The molecule has 0 saturated carbocycles. The lowest BCUT2D eigenvalue weighted by atomic mass is 9.91. The van der Waals surface area contributed by atoms with E-state index in [4.69, 9.17) is 0 Å². The molecule has 0 saturated heterocycles. The lowest BCUT2D eigenvalue weighted by Gasteiger charge is -2.18. The Morgan fingerprint density at radius 3 is 2.52 bits per heavy atom. The van der Waals surface area contributed by atoms with Crippen molar-refractivity contribution in [1.29, 1.82) is 0 Å². The summed E-state index contributed by atoms with van der Waals surface area (Å²) in [4.78, 5) is 33.0. The van der Waals surface area contributed by atoms with Gasteiger partial charge in [0, 0.05) is 42.5 Å². The second-order valence-electron chi connectivity index (χ2n) is 8.07. The molecular weight excluding hydrogens is 412 g/mol. The van der Waals surface area contributed by atoms with Crippen molar-refractivity contribution >= 4 is 27.7 Å². The first-order chi connectivity index (χ1) is 16.2. The molecule has 0 bridgehead atoms. The Morgan fingerprint density at radius 1 is 0.939 bits per heavy atom. The topological polar surface area (TPSA) is 79.8 Å². The first-order valence-electron chi connectivity index (χ1n) is 11.0. The standard InChI is InChI=1S/C27H24N4O2/c32-26(14-15-31-18-30-25-13-7-5-11-21(25)27(31)33)29-16-22(19-8-2-1-3-9-19)23-17-28-24-12-6-4-10-20(23)24/h1-13,17-18,22,28H,14-16H2,(H,29,32). The van der Waals surface area contributed by atoms with Crippen LogP contribution in [0.2, 0.25) is 0 Å². The molecule has 3 aromatic carbocycles. The number of aromatic amines is 1. The van der Waals surface area contributed by atoms with Crippen LogP contribution in [0.4, 0.5) is 0 Å².